The Morgan fingerprint density at radius 1 is 1.05 bits per heavy atom. The lowest BCUT2D eigenvalue weighted by molar-refractivity contribution is 0.130. The van der Waals surface area contributed by atoms with Crippen molar-refractivity contribution in [2.45, 2.75) is 71.3 Å². The molecule has 0 heterocycles. The molecule has 0 saturated heterocycles. The molecule has 1 nitrogen and oxygen atoms in total. The molecule has 1 saturated carbocycles. The van der Waals surface area contributed by atoms with Gasteiger partial charge in [0, 0.05) is 0 Å². The van der Waals surface area contributed by atoms with Crippen LogP contribution in [0.25, 0.3) is 0 Å². The van der Waals surface area contributed by atoms with Gasteiger partial charge in [-0.1, -0.05) is 39.3 Å². The first-order chi connectivity index (χ1) is 9.22. The van der Waals surface area contributed by atoms with Crippen LogP contribution in [0.1, 0.15) is 70.8 Å². The normalized spacial score (nSPS) is 25.0. The number of benzene rings is 1. The zero-order chi connectivity index (χ0) is 13.7. The van der Waals surface area contributed by atoms with Crippen LogP contribution in [0.3, 0.4) is 0 Å². The second kappa shape index (κ2) is 6.98. The van der Waals surface area contributed by atoms with Crippen LogP contribution in [0.2, 0.25) is 0 Å². The summed E-state index contributed by atoms with van der Waals surface area (Å²) in [6.45, 7) is 6.82. The van der Waals surface area contributed by atoms with Crippen LogP contribution in [0.15, 0.2) is 24.3 Å². The van der Waals surface area contributed by atoms with E-state index in [1.54, 1.807) is 0 Å². The maximum absolute atomic E-state index is 6.12. The summed E-state index contributed by atoms with van der Waals surface area (Å²) < 4.78 is 6.12. The van der Waals surface area contributed by atoms with E-state index in [4.69, 9.17) is 4.74 Å². The summed E-state index contributed by atoms with van der Waals surface area (Å²) in [5.74, 6) is 2.63. The fourth-order valence-corrected chi connectivity index (χ4v) is 2.96. The van der Waals surface area contributed by atoms with Crippen molar-refractivity contribution < 1.29 is 4.74 Å². The Balaban J connectivity index is 1.86. The lowest BCUT2D eigenvalue weighted by atomic mass is 9.86. The zero-order valence-electron chi connectivity index (χ0n) is 12.7. The lowest BCUT2D eigenvalue weighted by Crippen LogP contribution is -2.23. The van der Waals surface area contributed by atoms with Crippen molar-refractivity contribution in [3.8, 4) is 5.75 Å². The highest BCUT2D eigenvalue weighted by Gasteiger charge is 2.21. The zero-order valence-corrected chi connectivity index (χ0v) is 12.7. The van der Waals surface area contributed by atoms with E-state index < -0.39 is 0 Å². The molecule has 1 unspecified atom stereocenters. The Kier molecular flexibility index (Phi) is 5.30. The quantitative estimate of drug-likeness (QED) is 0.674. The summed E-state index contributed by atoms with van der Waals surface area (Å²) in [6, 6.07) is 8.74. The molecule has 1 heteroatoms. The van der Waals surface area contributed by atoms with Crippen LogP contribution in [0, 0.1) is 5.92 Å². The van der Waals surface area contributed by atoms with E-state index in [-0.39, 0.29) is 0 Å². The highest BCUT2D eigenvalue weighted by atomic mass is 16.5. The van der Waals surface area contributed by atoms with E-state index in [1.807, 2.05) is 0 Å². The van der Waals surface area contributed by atoms with Gasteiger partial charge in [0.25, 0.3) is 0 Å². The lowest BCUT2D eigenvalue weighted by Gasteiger charge is -2.28. The summed E-state index contributed by atoms with van der Waals surface area (Å²) in [5, 5.41) is 0. The van der Waals surface area contributed by atoms with E-state index in [9.17, 15) is 0 Å². The molecule has 0 N–H and O–H groups in total. The maximum atomic E-state index is 6.12. The number of ether oxygens (including phenoxy) is 1. The summed E-state index contributed by atoms with van der Waals surface area (Å²) in [4.78, 5) is 0. The number of hydrogen-bond donors (Lipinski definition) is 0. The first kappa shape index (κ1) is 14.4. The van der Waals surface area contributed by atoms with Gasteiger partial charge in [-0.05, 0) is 61.6 Å². The Labute approximate surface area is 118 Å². The van der Waals surface area contributed by atoms with Crippen molar-refractivity contribution in [2.24, 2.45) is 5.92 Å². The standard InChI is InChI=1S/C18H28O/c1-4-14(3)16-8-12-18(13-9-16)19-17-10-6-15(5-2)7-11-17/h8-9,12-15,17H,4-7,10-11H2,1-3H3. The Hall–Kier alpha value is -0.980. The van der Waals surface area contributed by atoms with E-state index in [1.165, 1.54) is 44.1 Å². The van der Waals surface area contributed by atoms with Crippen LogP contribution in [0.5, 0.6) is 5.75 Å². The van der Waals surface area contributed by atoms with Gasteiger partial charge in [0.05, 0.1) is 6.10 Å². The van der Waals surface area contributed by atoms with Gasteiger partial charge >= 0.3 is 0 Å². The van der Waals surface area contributed by atoms with E-state index >= 15 is 0 Å². The smallest absolute Gasteiger partial charge is 0.119 e. The number of hydrogen-bond acceptors (Lipinski definition) is 1. The molecule has 2 rings (SSSR count). The molecule has 0 amide bonds. The third-order valence-corrected chi connectivity index (χ3v) is 4.74. The molecule has 1 aromatic carbocycles. The van der Waals surface area contributed by atoms with Crippen molar-refractivity contribution >= 4 is 0 Å². The predicted octanol–water partition coefficient (Wildman–Crippen LogP) is 5.55. The largest absolute Gasteiger partial charge is 0.490 e. The molecule has 0 aromatic heterocycles. The average molecular weight is 260 g/mol. The Bertz CT molecular complexity index is 360. The molecule has 1 aliphatic carbocycles. The van der Waals surface area contributed by atoms with Crippen molar-refractivity contribution in [3.05, 3.63) is 29.8 Å². The summed E-state index contributed by atoms with van der Waals surface area (Å²) >= 11 is 0. The van der Waals surface area contributed by atoms with Gasteiger partial charge in [-0.2, -0.15) is 0 Å². The van der Waals surface area contributed by atoms with Crippen LogP contribution >= 0.6 is 0 Å². The van der Waals surface area contributed by atoms with Gasteiger partial charge in [-0.15, -0.1) is 0 Å². The maximum Gasteiger partial charge on any atom is 0.119 e. The first-order valence-corrected chi connectivity index (χ1v) is 7.99. The first-order valence-electron chi connectivity index (χ1n) is 7.99. The minimum absolute atomic E-state index is 0.442. The molecule has 0 spiro atoms. The van der Waals surface area contributed by atoms with Gasteiger partial charge in [-0.25, -0.2) is 0 Å². The summed E-state index contributed by atoms with van der Waals surface area (Å²) in [6.07, 6.45) is 8.10. The average Bonchev–Trinajstić information content (AvgIpc) is 2.48. The van der Waals surface area contributed by atoms with Crippen molar-refractivity contribution in [2.75, 3.05) is 0 Å². The Morgan fingerprint density at radius 2 is 1.68 bits per heavy atom. The molecule has 0 bridgehead atoms. The van der Waals surface area contributed by atoms with E-state index in [2.05, 4.69) is 45.0 Å². The van der Waals surface area contributed by atoms with Crippen LogP contribution in [0.4, 0.5) is 0 Å². The minimum atomic E-state index is 0.442. The van der Waals surface area contributed by atoms with Crippen molar-refractivity contribution in [3.63, 3.8) is 0 Å². The van der Waals surface area contributed by atoms with Crippen molar-refractivity contribution in [1.29, 1.82) is 0 Å². The minimum Gasteiger partial charge on any atom is -0.490 e. The fraction of sp³-hybridized carbons (Fsp3) is 0.667. The molecule has 1 atom stereocenters. The van der Waals surface area contributed by atoms with Crippen molar-refractivity contribution in [1.82, 2.24) is 0 Å². The molecule has 1 fully saturated rings. The van der Waals surface area contributed by atoms with Gasteiger partial charge in [0.15, 0.2) is 0 Å². The second-order valence-electron chi connectivity index (χ2n) is 6.05. The molecule has 106 valence electrons. The van der Waals surface area contributed by atoms with Crippen LogP contribution in [-0.4, -0.2) is 6.10 Å². The third-order valence-electron chi connectivity index (χ3n) is 4.74. The van der Waals surface area contributed by atoms with Crippen LogP contribution < -0.4 is 4.74 Å². The van der Waals surface area contributed by atoms with Gasteiger partial charge in [-0.3, -0.25) is 0 Å². The summed E-state index contributed by atoms with van der Waals surface area (Å²) in [7, 11) is 0. The molecule has 1 aromatic rings. The molecule has 0 aliphatic heterocycles. The van der Waals surface area contributed by atoms with E-state index in [0.29, 0.717) is 12.0 Å². The second-order valence-corrected chi connectivity index (χ2v) is 6.05. The molecule has 0 radical (unpaired) electrons. The SMILES string of the molecule is CCC1CCC(Oc2ccc(C(C)CC)cc2)CC1. The topological polar surface area (TPSA) is 9.23 Å². The summed E-state index contributed by atoms with van der Waals surface area (Å²) in [5.41, 5.74) is 1.42. The highest BCUT2D eigenvalue weighted by Crippen LogP contribution is 2.30. The third kappa shape index (κ3) is 3.99. The van der Waals surface area contributed by atoms with Crippen LogP contribution in [-0.2, 0) is 0 Å². The highest BCUT2D eigenvalue weighted by molar-refractivity contribution is 5.29. The Morgan fingerprint density at radius 3 is 2.21 bits per heavy atom. The molecular formula is C18H28O. The molecule has 19 heavy (non-hydrogen) atoms. The molecular weight excluding hydrogens is 232 g/mol. The number of rotatable bonds is 5. The van der Waals surface area contributed by atoms with Gasteiger partial charge in [0.2, 0.25) is 0 Å². The molecule has 1 aliphatic rings. The fourth-order valence-electron chi connectivity index (χ4n) is 2.96. The van der Waals surface area contributed by atoms with Gasteiger partial charge < -0.3 is 4.74 Å². The monoisotopic (exact) mass is 260 g/mol. The van der Waals surface area contributed by atoms with Gasteiger partial charge in [0.1, 0.15) is 5.75 Å². The van der Waals surface area contributed by atoms with E-state index in [0.717, 1.165) is 11.7 Å². The predicted molar refractivity (Wildman–Crippen MR) is 81.8 cm³/mol.